The lowest BCUT2D eigenvalue weighted by Gasteiger charge is -2.25. The van der Waals surface area contributed by atoms with Crippen LogP contribution in [0.25, 0.3) is 0 Å². The number of aliphatic hydroxyl groups excluding tert-OH is 1. The van der Waals surface area contributed by atoms with E-state index in [0.717, 1.165) is 36.1 Å². The Morgan fingerprint density at radius 3 is 2.23 bits per heavy atom. The molecular weight excluding hydrogens is 646 g/mol. The number of hydrogen-bond acceptors (Lipinski definition) is 7. The molecule has 5 aromatic rings. The van der Waals surface area contributed by atoms with E-state index in [-0.39, 0.29) is 16.4 Å². The van der Waals surface area contributed by atoms with Crippen molar-refractivity contribution in [1.29, 1.82) is 0 Å². The molecule has 7 nitrogen and oxygen atoms in total. The predicted molar refractivity (Wildman–Crippen MR) is 187 cm³/mol. The van der Waals surface area contributed by atoms with Crippen molar-refractivity contribution in [2.24, 2.45) is 0 Å². The third-order valence-electron chi connectivity index (χ3n) is 7.78. The van der Waals surface area contributed by atoms with Crippen LogP contribution in [0.4, 0.5) is 0 Å². The van der Waals surface area contributed by atoms with E-state index in [0.29, 0.717) is 35.2 Å². The van der Waals surface area contributed by atoms with Crippen LogP contribution in [0, 0.1) is 0 Å². The number of rotatable bonds is 15. The fourth-order valence-electron chi connectivity index (χ4n) is 5.36. The summed E-state index contributed by atoms with van der Waals surface area (Å²) in [7, 11) is -3.81. The number of halogens is 1. The molecule has 9 heteroatoms. The second-order valence-corrected chi connectivity index (χ2v) is 13.8. The van der Waals surface area contributed by atoms with Crippen molar-refractivity contribution < 1.29 is 27.8 Å². The zero-order valence-corrected chi connectivity index (χ0v) is 28.2. The SMILES string of the molecule is CCOC(=O)c1cccc(Oc2cccc(S(=O)(=O)c3ccc(CCCN(Cc4ccccc4)C[C@@H](O)c4cccc(Cl)c4)cc3)c2)c1. The van der Waals surface area contributed by atoms with Crippen molar-refractivity contribution >= 4 is 27.4 Å². The lowest BCUT2D eigenvalue weighted by molar-refractivity contribution is 0.0526. The fourth-order valence-corrected chi connectivity index (χ4v) is 6.85. The molecule has 0 unspecified atom stereocenters. The van der Waals surface area contributed by atoms with Crippen LogP contribution in [0.5, 0.6) is 11.5 Å². The molecule has 5 rings (SSSR count). The minimum absolute atomic E-state index is 0.101. The Hall–Kier alpha value is -4.47. The van der Waals surface area contributed by atoms with E-state index in [1.54, 1.807) is 67.6 Å². The normalized spacial score (nSPS) is 12.1. The Morgan fingerprint density at radius 1 is 0.792 bits per heavy atom. The molecule has 48 heavy (non-hydrogen) atoms. The first-order valence-corrected chi connectivity index (χ1v) is 17.7. The molecule has 0 fully saturated rings. The molecule has 0 radical (unpaired) electrons. The molecule has 0 saturated heterocycles. The second kappa shape index (κ2) is 16.6. The highest BCUT2D eigenvalue weighted by atomic mass is 35.5. The Balaban J connectivity index is 1.22. The smallest absolute Gasteiger partial charge is 0.338 e. The van der Waals surface area contributed by atoms with Gasteiger partial charge in [-0.15, -0.1) is 0 Å². The van der Waals surface area contributed by atoms with Gasteiger partial charge in [-0.25, -0.2) is 13.2 Å². The molecule has 0 bridgehead atoms. The monoisotopic (exact) mass is 683 g/mol. The highest BCUT2D eigenvalue weighted by molar-refractivity contribution is 7.91. The number of carbonyl (C=O) groups excluding carboxylic acids is 1. The topological polar surface area (TPSA) is 93.1 Å². The molecule has 1 N–H and O–H groups in total. The van der Waals surface area contributed by atoms with Gasteiger partial charge < -0.3 is 14.6 Å². The highest BCUT2D eigenvalue weighted by Gasteiger charge is 2.19. The number of nitrogens with zero attached hydrogens (tertiary/aromatic N) is 1. The standard InChI is InChI=1S/C39H38ClNO6S/c1-2-46-39(43)32-14-7-16-34(25-32)47-35-17-8-18-37(26-35)48(44,45)36-21-19-29(20-22-36)12-9-23-41(27-30-10-4-3-5-11-30)28-38(42)31-13-6-15-33(40)24-31/h3-8,10-11,13-22,24-26,38,42H,2,9,12,23,27-28H2,1H3/t38-/m1/s1. The van der Waals surface area contributed by atoms with Gasteiger partial charge in [-0.1, -0.05) is 78.3 Å². The molecular formula is C39H38ClNO6S. The van der Waals surface area contributed by atoms with Gasteiger partial charge in [0, 0.05) is 18.1 Å². The molecule has 5 aromatic carbocycles. The fraction of sp³-hybridized carbons (Fsp3) is 0.205. The van der Waals surface area contributed by atoms with Crippen molar-refractivity contribution in [3.05, 3.63) is 155 Å². The quantitative estimate of drug-likeness (QED) is 0.111. The average molecular weight is 684 g/mol. The summed E-state index contributed by atoms with van der Waals surface area (Å²) in [6, 6.07) is 37.2. The van der Waals surface area contributed by atoms with E-state index in [4.69, 9.17) is 21.1 Å². The van der Waals surface area contributed by atoms with E-state index >= 15 is 0 Å². The lowest BCUT2D eigenvalue weighted by atomic mass is 10.1. The van der Waals surface area contributed by atoms with Gasteiger partial charge in [0.25, 0.3) is 0 Å². The van der Waals surface area contributed by atoms with Crippen molar-refractivity contribution in [2.75, 3.05) is 19.7 Å². The van der Waals surface area contributed by atoms with Crippen molar-refractivity contribution in [3.8, 4) is 11.5 Å². The zero-order chi connectivity index (χ0) is 33.9. The maximum absolute atomic E-state index is 13.5. The van der Waals surface area contributed by atoms with Gasteiger partial charge in [0.15, 0.2) is 0 Å². The van der Waals surface area contributed by atoms with Crippen LogP contribution >= 0.6 is 11.6 Å². The maximum Gasteiger partial charge on any atom is 0.338 e. The van der Waals surface area contributed by atoms with E-state index in [1.165, 1.54) is 12.1 Å². The minimum atomic E-state index is -3.81. The number of carbonyl (C=O) groups is 1. The molecule has 0 saturated carbocycles. The first kappa shape index (κ1) is 34.9. The molecule has 0 aromatic heterocycles. The van der Waals surface area contributed by atoms with Crippen LogP contribution in [0.2, 0.25) is 5.02 Å². The summed E-state index contributed by atoms with van der Waals surface area (Å²) >= 11 is 6.16. The number of aliphatic hydroxyl groups is 1. The Morgan fingerprint density at radius 2 is 1.50 bits per heavy atom. The van der Waals surface area contributed by atoms with Crippen LogP contribution in [-0.4, -0.2) is 44.1 Å². The van der Waals surface area contributed by atoms with E-state index in [2.05, 4.69) is 17.0 Å². The molecule has 0 aliphatic carbocycles. The number of hydrogen-bond donors (Lipinski definition) is 1. The number of aryl methyl sites for hydroxylation is 1. The summed E-state index contributed by atoms with van der Waals surface area (Å²) in [4.78, 5) is 14.6. The third-order valence-corrected chi connectivity index (χ3v) is 9.79. The van der Waals surface area contributed by atoms with Gasteiger partial charge >= 0.3 is 5.97 Å². The Kier molecular flexibility index (Phi) is 12.0. The van der Waals surface area contributed by atoms with Crippen LogP contribution in [-0.2, 0) is 27.5 Å². The molecule has 1 atom stereocenters. The van der Waals surface area contributed by atoms with Crippen LogP contribution in [0.3, 0.4) is 0 Å². The predicted octanol–water partition coefficient (Wildman–Crippen LogP) is 8.31. The minimum Gasteiger partial charge on any atom is -0.462 e. The van der Waals surface area contributed by atoms with E-state index in [1.807, 2.05) is 42.5 Å². The number of ether oxygens (including phenoxy) is 2. The van der Waals surface area contributed by atoms with Gasteiger partial charge in [0.2, 0.25) is 9.84 Å². The maximum atomic E-state index is 13.5. The molecule has 0 aliphatic rings. The van der Waals surface area contributed by atoms with Gasteiger partial charge in [0.1, 0.15) is 11.5 Å². The first-order valence-electron chi connectivity index (χ1n) is 15.8. The third kappa shape index (κ3) is 9.55. The summed E-state index contributed by atoms with van der Waals surface area (Å²) in [5.41, 5.74) is 3.29. The second-order valence-electron chi connectivity index (χ2n) is 11.4. The van der Waals surface area contributed by atoms with Crippen LogP contribution < -0.4 is 4.74 Å². The summed E-state index contributed by atoms with van der Waals surface area (Å²) < 4.78 is 38.0. The van der Waals surface area contributed by atoms with Crippen molar-refractivity contribution in [1.82, 2.24) is 4.90 Å². The van der Waals surface area contributed by atoms with E-state index in [9.17, 15) is 18.3 Å². The summed E-state index contributed by atoms with van der Waals surface area (Å²) in [6.07, 6.45) is 0.876. The largest absolute Gasteiger partial charge is 0.462 e. The molecule has 0 amide bonds. The van der Waals surface area contributed by atoms with Crippen LogP contribution in [0.1, 0.15) is 46.5 Å². The number of esters is 1. The van der Waals surface area contributed by atoms with Gasteiger partial charge in [-0.2, -0.15) is 0 Å². The number of sulfone groups is 1. The van der Waals surface area contributed by atoms with Crippen molar-refractivity contribution in [2.45, 2.75) is 42.2 Å². The van der Waals surface area contributed by atoms with Crippen LogP contribution in [0.15, 0.2) is 137 Å². The highest BCUT2D eigenvalue weighted by Crippen LogP contribution is 2.28. The van der Waals surface area contributed by atoms with Gasteiger partial charge in [0.05, 0.1) is 28.1 Å². The molecule has 0 spiro atoms. The summed E-state index contributed by atoms with van der Waals surface area (Å²) in [5.74, 6) is 0.259. The lowest BCUT2D eigenvalue weighted by Crippen LogP contribution is -2.29. The summed E-state index contributed by atoms with van der Waals surface area (Å²) in [5, 5.41) is 11.6. The molecule has 0 aliphatic heterocycles. The molecule has 0 heterocycles. The Labute approximate surface area is 287 Å². The first-order chi connectivity index (χ1) is 23.2. The van der Waals surface area contributed by atoms with Gasteiger partial charge in [-0.3, -0.25) is 4.90 Å². The van der Waals surface area contributed by atoms with Crippen molar-refractivity contribution in [3.63, 3.8) is 0 Å². The van der Waals surface area contributed by atoms with E-state index < -0.39 is 21.9 Å². The zero-order valence-electron chi connectivity index (χ0n) is 26.7. The van der Waals surface area contributed by atoms with Gasteiger partial charge in [-0.05, 0) is 104 Å². The molecule has 248 valence electrons. The summed E-state index contributed by atoms with van der Waals surface area (Å²) in [6.45, 7) is 3.87. The Bertz CT molecular complexity index is 1920. The number of benzene rings is 5. The average Bonchev–Trinajstić information content (AvgIpc) is 3.09.